The van der Waals surface area contributed by atoms with E-state index < -0.39 is 11.7 Å². The smallest absolute Gasteiger partial charge is 0.231 e. The van der Waals surface area contributed by atoms with Crippen LogP contribution >= 0.6 is 0 Å². The normalized spacial score (nSPS) is 11.5. The number of halogens is 1. The molecule has 1 amide bonds. The zero-order valence-electron chi connectivity index (χ0n) is 11.4. The standard InChI is InChI=1S/C16H14FN3O/c1-10(11-3-2-4-14(19)8-11)16(21)20-15-6-5-13(17)7-12(15)9-18/h2-8,10H,19H2,1H3,(H,20,21). The van der Waals surface area contributed by atoms with E-state index in [1.807, 2.05) is 6.07 Å². The third-order valence-corrected chi connectivity index (χ3v) is 3.16. The lowest BCUT2D eigenvalue weighted by atomic mass is 9.99. The van der Waals surface area contributed by atoms with E-state index in [1.165, 1.54) is 12.1 Å². The predicted octanol–water partition coefficient (Wildman–Crippen LogP) is 3.02. The quantitative estimate of drug-likeness (QED) is 0.850. The lowest BCUT2D eigenvalue weighted by Crippen LogP contribution is -2.19. The first-order valence-electron chi connectivity index (χ1n) is 6.37. The summed E-state index contributed by atoms with van der Waals surface area (Å²) in [4.78, 5) is 12.2. The van der Waals surface area contributed by atoms with Gasteiger partial charge in [0.2, 0.25) is 5.91 Å². The highest BCUT2D eigenvalue weighted by Gasteiger charge is 2.17. The van der Waals surface area contributed by atoms with Gasteiger partial charge in [0.1, 0.15) is 11.9 Å². The molecular formula is C16H14FN3O. The number of anilines is 2. The van der Waals surface area contributed by atoms with Crippen molar-refractivity contribution in [1.29, 1.82) is 5.26 Å². The van der Waals surface area contributed by atoms with E-state index in [-0.39, 0.29) is 11.5 Å². The van der Waals surface area contributed by atoms with Crippen LogP contribution in [0.4, 0.5) is 15.8 Å². The summed E-state index contributed by atoms with van der Waals surface area (Å²) in [5.74, 6) is -1.25. The van der Waals surface area contributed by atoms with Crippen LogP contribution in [0.3, 0.4) is 0 Å². The Morgan fingerprint density at radius 2 is 2.10 bits per heavy atom. The number of nitriles is 1. The highest BCUT2D eigenvalue weighted by Crippen LogP contribution is 2.22. The molecule has 0 aliphatic carbocycles. The molecule has 0 saturated heterocycles. The average Bonchev–Trinajstić information content (AvgIpc) is 2.48. The van der Waals surface area contributed by atoms with Gasteiger partial charge in [-0.1, -0.05) is 12.1 Å². The van der Waals surface area contributed by atoms with Crippen molar-refractivity contribution in [3.8, 4) is 6.07 Å². The van der Waals surface area contributed by atoms with Crippen molar-refractivity contribution in [3.05, 3.63) is 59.4 Å². The molecule has 0 bridgehead atoms. The van der Waals surface area contributed by atoms with E-state index in [4.69, 9.17) is 11.0 Å². The van der Waals surface area contributed by atoms with Crippen molar-refractivity contribution in [2.45, 2.75) is 12.8 Å². The number of nitrogen functional groups attached to an aromatic ring is 1. The Morgan fingerprint density at radius 3 is 2.76 bits per heavy atom. The van der Waals surface area contributed by atoms with Gasteiger partial charge in [-0.3, -0.25) is 4.79 Å². The molecule has 0 heterocycles. The maximum absolute atomic E-state index is 13.1. The molecule has 0 aliphatic heterocycles. The van der Waals surface area contributed by atoms with Gasteiger partial charge >= 0.3 is 0 Å². The van der Waals surface area contributed by atoms with Gasteiger partial charge < -0.3 is 11.1 Å². The van der Waals surface area contributed by atoms with E-state index in [9.17, 15) is 9.18 Å². The SMILES string of the molecule is CC(C(=O)Nc1ccc(F)cc1C#N)c1cccc(N)c1. The fourth-order valence-corrected chi connectivity index (χ4v) is 1.94. The number of rotatable bonds is 3. The molecule has 3 N–H and O–H groups in total. The molecule has 0 aliphatic rings. The zero-order valence-corrected chi connectivity index (χ0v) is 11.4. The number of hydrogen-bond acceptors (Lipinski definition) is 3. The molecule has 0 aromatic heterocycles. The minimum atomic E-state index is -0.520. The maximum Gasteiger partial charge on any atom is 0.231 e. The van der Waals surface area contributed by atoms with Gasteiger partial charge in [-0.15, -0.1) is 0 Å². The molecule has 2 rings (SSSR count). The lowest BCUT2D eigenvalue weighted by molar-refractivity contribution is -0.117. The van der Waals surface area contributed by atoms with Crippen molar-refractivity contribution in [1.82, 2.24) is 0 Å². The van der Waals surface area contributed by atoms with E-state index in [2.05, 4.69) is 5.32 Å². The summed E-state index contributed by atoms with van der Waals surface area (Å²) < 4.78 is 13.1. The van der Waals surface area contributed by atoms with Crippen molar-refractivity contribution >= 4 is 17.3 Å². The van der Waals surface area contributed by atoms with Crippen LogP contribution in [0, 0.1) is 17.1 Å². The van der Waals surface area contributed by atoms with Crippen LogP contribution in [0.2, 0.25) is 0 Å². The topological polar surface area (TPSA) is 78.9 Å². The minimum absolute atomic E-state index is 0.0862. The highest BCUT2D eigenvalue weighted by molar-refractivity contribution is 5.96. The molecule has 0 saturated carbocycles. The molecule has 2 aromatic rings. The Balaban J connectivity index is 2.20. The Kier molecular flexibility index (Phi) is 4.19. The number of amides is 1. The predicted molar refractivity (Wildman–Crippen MR) is 79.0 cm³/mol. The van der Waals surface area contributed by atoms with Crippen molar-refractivity contribution < 1.29 is 9.18 Å². The third kappa shape index (κ3) is 3.37. The zero-order chi connectivity index (χ0) is 15.4. The summed E-state index contributed by atoms with van der Waals surface area (Å²) in [6.45, 7) is 1.74. The van der Waals surface area contributed by atoms with E-state index in [0.29, 0.717) is 11.4 Å². The van der Waals surface area contributed by atoms with Crippen molar-refractivity contribution in [2.75, 3.05) is 11.1 Å². The fourth-order valence-electron chi connectivity index (χ4n) is 1.94. The molecule has 5 heteroatoms. The summed E-state index contributed by atoms with van der Waals surface area (Å²) in [7, 11) is 0. The molecule has 4 nitrogen and oxygen atoms in total. The number of nitrogens with two attached hydrogens (primary N) is 1. The number of nitrogens with one attached hydrogen (secondary N) is 1. The molecule has 0 fully saturated rings. The summed E-state index contributed by atoms with van der Waals surface area (Å²) in [5.41, 5.74) is 7.42. The second-order valence-electron chi connectivity index (χ2n) is 4.68. The second kappa shape index (κ2) is 6.06. The molecule has 21 heavy (non-hydrogen) atoms. The molecule has 1 atom stereocenters. The highest BCUT2D eigenvalue weighted by atomic mass is 19.1. The van der Waals surface area contributed by atoms with Crippen molar-refractivity contribution in [2.24, 2.45) is 0 Å². The Labute approximate surface area is 122 Å². The van der Waals surface area contributed by atoms with Crippen LogP contribution in [0.15, 0.2) is 42.5 Å². The van der Waals surface area contributed by atoms with Crippen LogP contribution in [0.1, 0.15) is 24.0 Å². The van der Waals surface area contributed by atoms with E-state index in [1.54, 1.807) is 31.2 Å². The molecule has 1 unspecified atom stereocenters. The Morgan fingerprint density at radius 1 is 1.33 bits per heavy atom. The first kappa shape index (κ1) is 14.5. The van der Waals surface area contributed by atoms with E-state index in [0.717, 1.165) is 11.6 Å². The lowest BCUT2D eigenvalue weighted by Gasteiger charge is -2.14. The Bertz CT molecular complexity index is 722. The molecule has 0 spiro atoms. The molecule has 0 radical (unpaired) electrons. The molecule has 106 valence electrons. The third-order valence-electron chi connectivity index (χ3n) is 3.16. The monoisotopic (exact) mass is 283 g/mol. The van der Waals surface area contributed by atoms with Gasteiger partial charge in [0.05, 0.1) is 17.2 Å². The number of nitrogens with zero attached hydrogens (tertiary/aromatic N) is 1. The second-order valence-corrected chi connectivity index (χ2v) is 4.68. The van der Waals surface area contributed by atoms with Gasteiger partial charge in [-0.2, -0.15) is 5.26 Å². The fraction of sp³-hybridized carbons (Fsp3) is 0.125. The van der Waals surface area contributed by atoms with Crippen LogP contribution < -0.4 is 11.1 Å². The first-order valence-corrected chi connectivity index (χ1v) is 6.37. The summed E-state index contributed by atoms with van der Waals surface area (Å²) >= 11 is 0. The number of carbonyl (C=O) groups excluding carboxylic acids is 1. The van der Waals surface area contributed by atoms with Crippen molar-refractivity contribution in [3.63, 3.8) is 0 Å². The number of hydrogen-bond donors (Lipinski definition) is 2. The first-order chi connectivity index (χ1) is 10.0. The van der Waals surface area contributed by atoms with Gasteiger partial charge in [0.15, 0.2) is 0 Å². The van der Waals surface area contributed by atoms with Crippen LogP contribution in [0.5, 0.6) is 0 Å². The summed E-state index contributed by atoms with van der Waals surface area (Å²) in [6.07, 6.45) is 0. The molecular weight excluding hydrogens is 269 g/mol. The van der Waals surface area contributed by atoms with Crippen LogP contribution in [0.25, 0.3) is 0 Å². The van der Waals surface area contributed by atoms with Gasteiger partial charge in [0, 0.05) is 5.69 Å². The molecule has 2 aromatic carbocycles. The van der Waals surface area contributed by atoms with Gasteiger partial charge in [-0.25, -0.2) is 4.39 Å². The number of carbonyl (C=O) groups is 1. The Hall–Kier alpha value is -2.87. The maximum atomic E-state index is 13.1. The van der Waals surface area contributed by atoms with E-state index >= 15 is 0 Å². The minimum Gasteiger partial charge on any atom is -0.399 e. The summed E-state index contributed by atoms with van der Waals surface area (Å²) in [5, 5.41) is 11.6. The summed E-state index contributed by atoms with van der Waals surface area (Å²) in [6, 6.07) is 12.5. The largest absolute Gasteiger partial charge is 0.399 e. The van der Waals surface area contributed by atoms with Crippen LogP contribution in [-0.4, -0.2) is 5.91 Å². The van der Waals surface area contributed by atoms with Gasteiger partial charge in [0.25, 0.3) is 0 Å². The average molecular weight is 283 g/mol. The van der Waals surface area contributed by atoms with Crippen LogP contribution in [-0.2, 0) is 4.79 Å². The number of benzene rings is 2. The van der Waals surface area contributed by atoms with Gasteiger partial charge in [-0.05, 0) is 42.8 Å².